The van der Waals surface area contributed by atoms with E-state index < -0.39 is 0 Å². The number of hydrogen-bond acceptors (Lipinski definition) is 6. The first kappa shape index (κ1) is 20.0. The number of fused-ring (bicyclic) bond motifs is 1. The molecule has 1 amide bonds. The molecule has 0 radical (unpaired) electrons. The molecule has 0 fully saturated rings. The molecule has 0 unspecified atom stereocenters. The maximum absolute atomic E-state index is 13.1. The number of furan rings is 1. The Hall–Kier alpha value is -3.33. The smallest absolute Gasteiger partial charge is 0.262 e. The summed E-state index contributed by atoms with van der Waals surface area (Å²) in [6.07, 6.45) is 1.56. The highest BCUT2D eigenvalue weighted by atomic mass is 32.2. The molecule has 30 heavy (non-hydrogen) atoms. The van der Waals surface area contributed by atoms with Gasteiger partial charge in [-0.05, 0) is 38.1 Å². The Morgan fingerprint density at radius 3 is 2.70 bits per heavy atom. The van der Waals surface area contributed by atoms with Crippen molar-refractivity contribution < 1.29 is 9.21 Å². The minimum atomic E-state index is -0.189. The first-order valence-electron chi connectivity index (χ1n) is 9.39. The summed E-state index contributed by atoms with van der Waals surface area (Å²) in [7, 11) is 1.83. The number of thioether (sulfide) groups is 1. The molecule has 1 aromatic carbocycles. The van der Waals surface area contributed by atoms with Crippen LogP contribution in [0.25, 0.3) is 10.9 Å². The second-order valence-electron chi connectivity index (χ2n) is 6.89. The average Bonchev–Trinajstić information content (AvgIpc) is 3.33. The number of carbonyl (C=O) groups is 1. The van der Waals surface area contributed by atoms with Crippen LogP contribution in [0.5, 0.6) is 0 Å². The van der Waals surface area contributed by atoms with Crippen LogP contribution in [-0.2, 0) is 18.4 Å². The number of nitrogens with one attached hydrogen (secondary N) is 1. The molecular formula is C21H21N5O3S. The molecule has 0 saturated carbocycles. The zero-order valence-electron chi connectivity index (χ0n) is 16.9. The van der Waals surface area contributed by atoms with Gasteiger partial charge in [0.15, 0.2) is 5.16 Å². The second kappa shape index (κ2) is 8.19. The molecule has 0 bridgehead atoms. The number of aromatic nitrogens is 4. The lowest BCUT2D eigenvalue weighted by molar-refractivity contribution is -0.113. The fourth-order valence-corrected chi connectivity index (χ4v) is 4.01. The Kier molecular flexibility index (Phi) is 5.45. The summed E-state index contributed by atoms with van der Waals surface area (Å²) in [6.45, 7) is 3.99. The van der Waals surface area contributed by atoms with E-state index in [-0.39, 0.29) is 23.8 Å². The molecule has 0 spiro atoms. The van der Waals surface area contributed by atoms with Crippen LogP contribution in [0.4, 0.5) is 5.69 Å². The molecule has 3 heterocycles. The molecular weight excluding hydrogens is 402 g/mol. The SMILES string of the molecule is Cc1nn(C)c(C)c1NC(=O)CSc1nc2ccccc2c(=O)n1Cc1ccco1. The van der Waals surface area contributed by atoms with E-state index in [2.05, 4.69) is 15.4 Å². The topological polar surface area (TPSA) is 95.0 Å². The number of carbonyl (C=O) groups excluding carboxylic acids is 1. The summed E-state index contributed by atoms with van der Waals surface area (Å²) < 4.78 is 8.67. The molecule has 0 aliphatic rings. The third kappa shape index (κ3) is 3.88. The van der Waals surface area contributed by atoms with Gasteiger partial charge >= 0.3 is 0 Å². The van der Waals surface area contributed by atoms with Crippen molar-refractivity contribution in [2.24, 2.45) is 7.05 Å². The van der Waals surface area contributed by atoms with Crippen LogP contribution in [0.2, 0.25) is 0 Å². The van der Waals surface area contributed by atoms with Gasteiger partial charge in [0.05, 0.1) is 46.5 Å². The van der Waals surface area contributed by atoms with E-state index in [1.807, 2.05) is 33.0 Å². The number of aryl methyl sites for hydroxylation is 2. The molecule has 1 N–H and O–H groups in total. The first-order chi connectivity index (χ1) is 14.4. The lowest BCUT2D eigenvalue weighted by Crippen LogP contribution is -2.24. The van der Waals surface area contributed by atoms with Crippen molar-refractivity contribution in [2.45, 2.75) is 25.5 Å². The normalized spacial score (nSPS) is 11.2. The Bertz CT molecular complexity index is 1270. The first-order valence-corrected chi connectivity index (χ1v) is 10.4. The van der Waals surface area contributed by atoms with Crippen molar-refractivity contribution in [3.8, 4) is 0 Å². The van der Waals surface area contributed by atoms with Crippen LogP contribution >= 0.6 is 11.8 Å². The van der Waals surface area contributed by atoms with Crippen LogP contribution in [-0.4, -0.2) is 31.0 Å². The van der Waals surface area contributed by atoms with Gasteiger partial charge in [-0.1, -0.05) is 23.9 Å². The number of para-hydroxylation sites is 1. The minimum absolute atomic E-state index is 0.108. The Morgan fingerprint density at radius 1 is 1.20 bits per heavy atom. The molecule has 4 rings (SSSR count). The van der Waals surface area contributed by atoms with Gasteiger partial charge in [-0.25, -0.2) is 4.98 Å². The monoisotopic (exact) mass is 423 g/mol. The van der Waals surface area contributed by atoms with Crippen LogP contribution < -0.4 is 10.9 Å². The highest BCUT2D eigenvalue weighted by molar-refractivity contribution is 7.99. The van der Waals surface area contributed by atoms with Gasteiger partial charge in [0.2, 0.25) is 5.91 Å². The highest BCUT2D eigenvalue weighted by Crippen LogP contribution is 2.22. The van der Waals surface area contributed by atoms with Crippen LogP contribution in [0, 0.1) is 13.8 Å². The van der Waals surface area contributed by atoms with E-state index >= 15 is 0 Å². The van der Waals surface area contributed by atoms with Gasteiger partial charge in [0.25, 0.3) is 5.56 Å². The van der Waals surface area contributed by atoms with Crippen LogP contribution in [0.15, 0.2) is 57.0 Å². The van der Waals surface area contributed by atoms with Crippen molar-refractivity contribution >= 4 is 34.3 Å². The predicted octanol–water partition coefficient (Wildman–Crippen LogP) is 3.12. The summed E-state index contributed by atoms with van der Waals surface area (Å²) in [5.41, 5.74) is 2.78. The van der Waals surface area contributed by atoms with Gasteiger partial charge in [-0.3, -0.25) is 18.8 Å². The summed E-state index contributed by atoms with van der Waals surface area (Å²) in [5, 5.41) is 8.21. The Morgan fingerprint density at radius 2 is 2.00 bits per heavy atom. The second-order valence-corrected chi connectivity index (χ2v) is 7.83. The van der Waals surface area contributed by atoms with Gasteiger partial charge in [-0.2, -0.15) is 5.10 Å². The number of nitrogens with zero attached hydrogens (tertiary/aromatic N) is 4. The fourth-order valence-electron chi connectivity index (χ4n) is 3.22. The molecule has 4 aromatic rings. The zero-order valence-corrected chi connectivity index (χ0v) is 17.7. The van der Waals surface area contributed by atoms with E-state index in [0.29, 0.717) is 27.5 Å². The largest absolute Gasteiger partial charge is 0.467 e. The van der Waals surface area contributed by atoms with Crippen molar-refractivity contribution in [1.82, 2.24) is 19.3 Å². The molecule has 154 valence electrons. The molecule has 0 aliphatic carbocycles. The van der Waals surface area contributed by atoms with Crippen molar-refractivity contribution in [3.05, 3.63) is 70.2 Å². The van der Waals surface area contributed by atoms with E-state index in [4.69, 9.17) is 4.42 Å². The van der Waals surface area contributed by atoms with E-state index in [9.17, 15) is 9.59 Å². The molecule has 9 heteroatoms. The third-order valence-electron chi connectivity index (χ3n) is 4.83. The van der Waals surface area contributed by atoms with Crippen LogP contribution in [0.3, 0.4) is 0 Å². The van der Waals surface area contributed by atoms with E-state index in [0.717, 1.165) is 11.4 Å². The number of anilines is 1. The molecule has 0 aliphatic heterocycles. The summed E-state index contributed by atoms with van der Waals surface area (Å²) in [5.74, 6) is 0.560. The predicted molar refractivity (Wildman–Crippen MR) is 116 cm³/mol. The molecule has 8 nitrogen and oxygen atoms in total. The minimum Gasteiger partial charge on any atom is -0.467 e. The lowest BCUT2D eigenvalue weighted by atomic mass is 10.2. The van der Waals surface area contributed by atoms with E-state index in [1.165, 1.54) is 11.8 Å². The summed E-state index contributed by atoms with van der Waals surface area (Å²) in [6, 6.07) is 10.8. The maximum Gasteiger partial charge on any atom is 0.262 e. The van der Waals surface area contributed by atoms with Crippen LogP contribution in [0.1, 0.15) is 17.1 Å². The van der Waals surface area contributed by atoms with Gasteiger partial charge < -0.3 is 9.73 Å². The number of hydrogen-bond donors (Lipinski definition) is 1. The highest BCUT2D eigenvalue weighted by Gasteiger charge is 2.16. The molecule has 0 atom stereocenters. The number of amides is 1. The standard InChI is InChI=1S/C21H21N5O3S/c1-13-19(14(2)25(3)24-13)23-18(27)12-30-21-22-17-9-5-4-8-16(17)20(28)26(21)11-15-7-6-10-29-15/h4-10H,11-12H2,1-3H3,(H,23,27). The summed E-state index contributed by atoms with van der Waals surface area (Å²) >= 11 is 1.21. The maximum atomic E-state index is 13.1. The third-order valence-corrected chi connectivity index (χ3v) is 5.80. The summed E-state index contributed by atoms with van der Waals surface area (Å²) in [4.78, 5) is 30.3. The molecule has 3 aromatic heterocycles. The number of benzene rings is 1. The Labute approximate surface area is 176 Å². The molecule has 0 saturated heterocycles. The quantitative estimate of drug-likeness (QED) is 0.378. The Balaban J connectivity index is 1.61. The lowest BCUT2D eigenvalue weighted by Gasteiger charge is -2.12. The van der Waals surface area contributed by atoms with Gasteiger partial charge in [-0.15, -0.1) is 0 Å². The van der Waals surface area contributed by atoms with Crippen molar-refractivity contribution in [3.63, 3.8) is 0 Å². The number of rotatable bonds is 6. The van der Waals surface area contributed by atoms with E-state index in [1.54, 1.807) is 39.8 Å². The fraction of sp³-hybridized carbons (Fsp3) is 0.238. The van der Waals surface area contributed by atoms with Gasteiger partial charge in [0, 0.05) is 7.05 Å². The van der Waals surface area contributed by atoms with Crippen molar-refractivity contribution in [2.75, 3.05) is 11.1 Å². The average molecular weight is 423 g/mol. The van der Waals surface area contributed by atoms with Gasteiger partial charge in [0.1, 0.15) is 5.76 Å². The zero-order chi connectivity index (χ0) is 21.3. The van der Waals surface area contributed by atoms with Crippen molar-refractivity contribution in [1.29, 1.82) is 0 Å².